The van der Waals surface area contributed by atoms with Crippen LogP contribution < -0.4 is 14.8 Å². The summed E-state index contributed by atoms with van der Waals surface area (Å²) in [5.74, 6) is 1.28. The minimum atomic E-state index is -0.174. The first-order valence-electron chi connectivity index (χ1n) is 11.5. The fourth-order valence-electron chi connectivity index (χ4n) is 3.71. The average molecular weight is 487 g/mol. The normalized spacial score (nSPS) is 11.2. The molecular weight excluding hydrogens is 456 g/mol. The van der Waals surface area contributed by atoms with E-state index >= 15 is 0 Å². The molecule has 1 heterocycles. The Balaban J connectivity index is 1.37. The van der Waals surface area contributed by atoms with E-state index in [4.69, 9.17) is 14.5 Å². The number of hydrogen-bond donors (Lipinski definition) is 1. The molecule has 0 aliphatic rings. The number of amides is 1. The summed E-state index contributed by atoms with van der Waals surface area (Å²) in [6, 6.07) is 23.9. The Kier molecular flexibility index (Phi) is 7.51. The van der Waals surface area contributed by atoms with Crippen LogP contribution in [0.1, 0.15) is 31.9 Å². The standard InChI is InChI=1S/C29H30N2O3S/c1-29(2,3)24-16-23(33-4)13-14-26(24)34-18-27(32)30-17-20-9-8-12-22(15-20)28-31-25(19-35-28)21-10-6-5-7-11-21/h5-16,19H,17-18H2,1-4H3,(H,30,32). The third-order valence-corrected chi connectivity index (χ3v) is 6.48. The molecular formula is C29H30N2O3S. The summed E-state index contributed by atoms with van der Waals surface area (Å²) in [5.41, 5.74) is 4.97. The summed E-state index contributed by atoms with van der Waals surface area (Å²) < 4.78 is 11.2. The number of carbonyl (C=O) groups excluding carboxylic acids is 1. The van der Waals surface area contributed by atoms with Crippen molar-refractivity contribution >= 4 is 17.2 Å². The summed E-state index contributed by atoms with van der Waals surface area (Å²) in [4.78, 5) is 17.3. The number of ether oxygens (including phenoxy) is 2. The molecule has 1 N–H and O–H groups in total. The van der Waals surface area contributed by atoms with Gasteiger partial charge in [0, 0.05) is 28.6 Å². The molecule has 0 radical (unpaired) electrons. The largest absolute Gasteiger partial charge is 0.497 e. The molecule has 4 aromatic rings. The van der Waals surface area contributed by atoms with Gasteiger partial charge in [0.15, 0.2) is 6.61 Å². The molecule has 180 valence electrons. The van der Waals surface area contributed by atoms with Crippen LogP contribution in [0.2, 0.25) is 0 Å². The first kappa shape index (κ1) is 24.5. The maximum absolute atomic E-state index is 12.5. The molecule has 0 saturated carbocycles. The number of nitrogens with one attached hydrogen (secondary N) is 1. The van der Waals surface area contributed by atoms with Crippen molar-refractivity contribution in [3.63, 3.8) is 0 Å². The molecule has 0 fully saturated rings. The summed E-state index contributed by atoms with van der Waals surface area (Å²) in [6.07, 6.45) is 0. The van der Waals surface area contributed by atoms with Crippen molar-refractivity contribution in [1.82, 2.24) is 10.3 Å². The van der Waals surface area contributed by atoms with Gasteiger partial charge in [-0.15, -0.1) is 11.3 Å². The van der Waals surface area contributed by atoms with Gasteiger partial charge in [-0.1, -0.05) is 69.3 Å². The fourth-order valence-corrected chi connectivity index (χ4v) is 4.53. The van der Waals surface area contributed by atoms with Gasteiger partial charge >= 0.3 is 0 Å². The third-order valence-electron chi connectivity index (χ3n) is 5.59. The minimum absolute atomic E-state index is 0.0536. The fraction of sp³-hybridized carbons (Fsp3) is 0.241. The van der Waals surface area contributed by atoms with E-state index in [0.717, 1.165) is 38.7 Å². The number of nitrogens with zero attached hydrogens (tertiary/aromatic N) is 1. The molecule has 0 unspecified atom stereocenters. The number of aromatic nitrogens is 1. The maximum Gasteiger partial charge on any atom is 0.258 e. The van der Waals surface area contributed by atoms with Crippen LogP contribution >= 0.6 is 11.3 Å². The number of hydrogen-bond acceptors (Lipinski definition) is 5. The molecule has 1 amide bonds. The zero-order valence-electron chi connectivity index (χ0n) is 20.5. The van der Waals surface area contributed by atoms with Crippen LogP contribution in [0.5, 0.6) is 11.5 Å². The van der Waals surface area contributed by atoms with Crippen molar-refractivity contribution < 1.29 is 14.3 Å². The lowest BCUT2D eigenvalue weighted by molar-refractivity contribution is -0.123. The Bertz CT molecular complexity index is 1290. The van der Waals surface area contributed by atoms with Crippen molar-refractivity contribution in [2.75, 3.05) is 13.7 Å². The molecule has 6 heteroatoms. The third kappa shape index (κ3) is 6.28. The molecule has 0 aliphatic heterocycles. The minimum Gasteiger partial charge on any atom is -0.497 e. The molecule has 3 aromatic carbocycles. The van der Waals surface area contributed by atoms with Gasteiger partial charge in [-0.25, -0.2) is 4.98 Å². The van der Waals surface area contributed by atoms with Crippen LogP contribution in [0.25, 0.3) is 21.8 Å². The van der Waals surface area contributed by atoms with E-state index in [1.807, 2.05) is 54.6 Å². The van der Waals surface area contributed by atoms with Crippen molar-refractivity contribution in [3.8, 4) is 33.3 Å². The van der Waals surface area contributed by atoms with Crippen LogP contribution in [0, 0.1) is 0 Å². The highest BCUT2D eigenvalue weighted by Gasteiger charge is 2.20. The van der Waals surface area contributed by atoms with Gasteiger partial charge in [0.05, 0.1) is 12.8 Å². The molecule has 0 atom stereocenters. The number of benzene rings is 3. The van der Waals surface area contributed by atoms with E-state index in [1.54, 1.807) is 18.4 Å². The lowest BCUT2D eigenvalue weighted by Crippen LogP contribution is -2.29. The van der Waals surface area contributed by atoms with E-state index in [9.17, 15) is 4.79 Å². The van der Waals surface area contributed by atoms with Crippen LogP contribution in [-0.4, -0.2) is 24.6 Å². The van der Waals surface area contributed by atoms with Gasteiger partial charge < -0.3 is 14.8 Å². The van der Waals surface area contributed by atoms with Crippen LogP contribution in [-0.2, 0) is 16.8 Å². The van der Waals surface area contributed by atoms with Gasteiger partial charge in [-0.2, -0.15) is 0 Å². The Morgan fingerprint density at radius 3 is 2.49 bits per heavy atom. The smallest absolute Gasteiger partial charge is 0.258 e. The Hall–Kier alpha value is -3.64. The average Bonchev–Trinajstić information content (AvgIpc) is 3.37. The van der Waals surface area contributed by atoms with Gasteiger partial charge in [0.1, 0.15) is 16.5 Å². The van der Waals surface area contributed by atoms with Crippen molar-refractivity contribution in [2.45, 2.75) is 32.7 Å². The number of methoxy groups -OCH3 is 1. The monoisotopic (exact) mass is 486 g/mol. The maximum atomic E-state index is 12.5. The van der Waals surface area contributed by atoms with Crippen LogP contribution in [0.3, 0.4) is 0 Å². The summed E-state index contributed by atoms with van der Waals surface area (Å²) in [6.45, 7) is 6.68. The van der Waals surface area contributed by atoms with Gasteiger partial charge in [0.25, 0.3) is 5.91 Å². The van der Waals surface area contributed by atoms with Crippen molar-refractivity contribution in [2.24, 2.45) is 0 Å². The Morgan fingerprint density at radius 1 is 0.971 bits per heavy atom. The lowest BCUT2D eigenvalue weighted by Gasteiger charge is -2.23. The van der Waals surface area contributed by atoms with E-state index in [0.29, 0.717) is 12.3 Å². The number of rotatable bonds is 8. The molecule has 0 bridgehead atoms. The van der Waals surface area contributed by atoms with E-state index < -0.39 is 0 Å². The van der Waals surface area contributed by atoms with Crippen molar-refractivity contribution in [3.05, 3.63) is 89.3 Å². The quantitative estimate of drug-likeness (QED) is 0.310. The summed E-state index contributed by atoms with van der Waals surface area (Å²) in [7, 11) is 1.64. The van der Waals surface area contributed by atoms with Crippen LogP contribution in [0.4, 0.5) is 0 Å². The first-order valence-corrected chi connectivity index (χ1v) is 12.4. The second-order valence-electron chi connectivity index (χ2n) is 9.28. The molecule has 1 aromatic heterocycles. The Morgan fingerprint density at radius 2 is 1.74 bits per heavy atom. The molecule has 0 aliphatic carbocycles. The van der Waals surface area contributed by atoms with Crippen LogP contribution in [0.15, 0.2) is 78.2 Å². The second kappa shape index (κ2) is 10.7. The molecule has 0 saturated heterocycles. The second-order valence-corrected chi connectivity index (χ2v) is 10.1. The zero-order chi connectivity index (χ0) is 24.8. The topological polar surface area (TPSA) is 60.5 Å². The van der Waals surface area contributed by atoms with Gasteiger partial charge in [0.2, 0.25) is 0 Å². The number of thiazole rings is 1. The van der Waals surface area contributed by atoms with Gasteiger partial charge in [-0.3, -0.25) is 4.79 Å². The molecule has 4 rings (SSSR count). The van der Waals surface area contributed by atoms with Gasteiger partial charge in [-0.05, 0) is 35.2 Å². The highest BCUT2D eigenvalue weighted by Crippen LogP contribution is 2.34. The van der Waals surface area contributed by atoms with E-state index in [1.165, 1.54) is 0 Å². The predicted molar refractivity (Wildman–Crippen MR) is 142 cm³/mol. The highest BCUT2D eigenvalue weighted by atomic mass is 32.1. The van der Waals surface area contributed by atoms with Crippen molar-refractivity contribution in [1.29, 1.82) is 0 Å². The summed E-state index contributed by atoms with van der Waals surface area (Å²) in [5, 5.41) is 5.98. The lowest BCUT2D eigenvalue weighted by atomic mass is 9.86. The first-order chi connectivity index (χ1) is 16.8. The molecule has 0 spiro atoms. The Labute approximate surface area is 210 Å². The molecule has 35 heavy (non-hydrogen) atoms. The number of carbonyl (C=O) groups is 1. The summed E-state index contributed by atoms with van der Waals surface area (Å²) >= 11 is 1.61. The SMILES string of the molecule is COc1ccc(OCC(=O)NCc2cccc(-c3nc(-c4ccccc4)cs3)c2)c(C(C)(C)C)c1. The zero-order valence-corrected chi connectivity index (χ0v) is 21.3. The van der Waals surface area contributed by atoms with E-state index in [2.05, 4.69) is 49.7 Å². The highest BCUT2D eigenvalue weighted by molar-refractivity contribution is 7.13. The predicted octanol–water partition coefficient (Wildman–Crippen LogP) is 6.48. The molecule has 5 nitrogen and oxygen atoms in total. The van der Waals surface area contributed by atoms with E-state index in [-0.39, 0.29) is 17.9 Å².